The molecule has 0 saturated carbocycles. The molecule has 7 heteroatoms. The number of aromatic nitrogens is 4. The highest BCUT2D eigenvalue weighted by Gasteiger charge is 2.18. The maximum absolute atomic E-state index is 12.8. The molecule has 0 aliphatic heterocycles. The molecule has 1 aromatic carbocycles. The van der Waals surface area contributed by atoms with E-state index in [0.717, 1.165) is 11.4 Å². The fourth-order valence-electron chi connectivity index (χ4n) is 3.19. The van der Waals surface area contributed by atoms with Crippen LogP contribution < -0.4 is 5.32 Å². The molecule has 2 heterocycles. The smallest absolute Gasteiger partial charge is 0.269 e. The number of rotatable bonds is 8. The first-order valence-corrected chi connectivity index (χ1v) is 9.64. The van der Waals surface area contributed by atoms with E-state index in [0.29, 0.717) is 30.5 Å². The predicted octanol–water partition coefficient (Wildman–Crippen LogP) is 2.93. The van der Waals surface area contributed by atoms with Crippen LogP contribution >= 0.6 is 0 Å². The van der Waals surface area contributed by atoms with Gasteiger partial charge in [0, 0.05) is 44.1 Å². The van der Waals surface area contributed by atoms with Crippen molar-refractivity contribution in [1.82, 2.24) is 25.1 Å². The minimum Gasteiger partial charge on any atom is -0.354 e. The lowest BCUT2D eigenvalue weighted by molar-refractivity contribution is 0.0958. The zero-order chi connectivity index (χ0) is 20.8. The number of carbonyl (C=O) groups is 2. The molecule has 0 fully saturated rings. The van der Waals surface area contributed by atoms with Gasteiger partial charge < -0.3 is 5.32 Å². The number of carbonyl (C=O) groups excluding carboxylic acids is 2. The molecular formula is C22H25N5O2. The van der Waals surface area contributed by atoms with Crippen molar-refractivity contribution in [2.75, 3.05) is 7.05 Å². The number of hydrogen-bond donors (Lipinski definition) is 1. The van der Waals surface area contributed by atoms with Crippen molar-refractivity contribution >= 4 is 11.7 Å². The summed E-state index contributed by atoms with van der Waals surface area (Å²) in [4.78, 5) is 33.7. The van der Waals surface area contributed by atoms with Gasteiger partial charge in [0.05, 0.1) is 0 Å². The molecule has 3 rings (SSSR count). The molecule has 1 amide bonds. The number of nitrogens with one attached hydrogen (secondary N) is 1. The quantitative estimate of drug-likeness (QED) is 0.596. The van der Waals surface area contributed by atoms with Crippen LogP contribution in [0, 0.1) is 0 Å². The van der Waals surface area contributed by atoms with Crippen molar-refractivity contribution in [2.24, 2.45) is 7.05 Å². The lowest BCUT2D eigenvalue weighted by atomic mass is 9.94. The van der Waals surface area contributed by atoms with E-state index in [9.17, 15) is 9.59 Å². The molecule has 2 aromatic heterocycles. The van der Waals surface area contributed by atoms with Gasteiger partial charge in [0.2, 0.25) is 0 Å². The molecule has 0 aliphatic rings. The van der Waals surface area contributed by atoms with E-state index in [1.54, 1.807) is 23.9 Å². The lowest BCUT2D eigenvalue weighted by Crippen LogP contribution is -2.21. The van der Waals surface area contributed by atoms with Crippen LogP contribution in [0.3, 0.4) is 0 Å². The number of aryl methyl sites for hydroxylation is 2. The van der Waals surface area contributed by atoms with Crippen LogP contribution in [0.25, 0.3) is 0 Å². The highest BCUT2D eigenvalue weighted by molar-refractivity contribution is 5.99. The summed E-state index contributed by atoms with van der Waals surface area (Å²) in [7, 11) is 3.39. The van der Waals surface area contributed by atoms with Crippen molar-refractivity contribution in [1.29, 1.82) is 0 Å². The number of amides is 1. The van der Waals surface area contributed by atoms with Gasteiger partial charge in [-0.25, -0.2) is 9.97 Å². The molecule has 0 bridgehead atoms. The molecule has 0 saturated heterocycles. The van der Waals surface area contributed by atoms with Crippen molar-refractivity contribution in [3.8, 4) is 0 Å². The van der Waals surface area contributed by atoms with Crippen molar-refractivity contribution in [3.05, 3.63) is 77.1 Å². The Morgan fingerprint density at radius 3 is 2.59 bits per heavy atom. The standard InChI is InChI=1S/C22H25N5O2/c1-15(16-8-5-4-6-9-16)18-12-17(13-19(26-18)22(29)23-2)20(28)10-7-11-21-24-14-25-27(21)3/h4-6,8-9,12-15H,7,10-11H2,1-3H3,(H,23,29)/t15-/m0/s1. The summed E-state index contributed by atoms with van der Waals surface area (Å²) >= 11 is 0. The Balaban J connectivity index is 1.82. The molecule has 3 aromatic rings. The Hall–Kier alpha value is -3.35. The maximum atomic E-state index is 12.8. The highest BCUT2D eigenvalue weighted by Crippen LogP contribution is 2.24. The summed E-state index contributed by atoms with van der Waals surface area (Å²) in [6.07, 6.45) is 3.20. The van der Waals surface area contributed by atoms with Gasteiger partial charge >= 0.3 is 0 Å². The summed E-state index contributed by atoms with van der Waals surface area (Å²) in [6, 6.07) is 13.3. The van der Waals surface area contributed by atoms with Gasteiger partial charge in [0.1, 0.15) is 17.8 Å². The summed E-state index contributed by atoms with van der Waals surface area (Å²) in [5.74, 6) is 0.490. The second kappa shape index (κ2) is 9.23. The Morgan fingerprint density at radius 2 is 1.93 bits per heavy atom. The van der Waals surface area contributed by atoms with Crippen LogP contribution in [0.2, 0.25) is 0 Å². The monoisotopic (exact) mass is 391 g/mol. The van der Waals surface area contributed by atoms with E-state index >= 15 is 0 Å². The third kappa shape index (κ3) is 4.93. The first kappa shape index (κ1) is 20.4. The van der Waals surface area contributed by atoms with Crippen LogP contribution in [0.1, 0.15) is 63.6 Å². The van der Waals surface area contributed by atoms with Crippen LogP contribution in [0.4, 0.5) is 0 Å². The minimum absolute atomic E-state index is 0.0127. The van der Waals surface area contributed by atoms with Gasteiger partial charge in [0.15, 0.2) is 5.78 Å². The highest BCUT2D eigenvalue weighted by atomic mass is 16.1. The summed E-state index contributed by atoms with van der Waals surface area (Å²) in [5.41, 5.74) is 2.54. The molecule has 7 nitrogen and oxygen atoms in total. The first-order valence-electron chi connectivity index (χ1n) is 9.64. The molecule has 0 aliphatic carbocycles. The Bertz CT molecular complexity index is 997. The molecule has 1 N–H and O–H groups in total. The molecule has 0 radical (unpaired) electrons. The van der Waals surface area contributed by atoms with Gasteiger partial charge in [-0.15, -0.1) is 0 Å². The number of ketones is 1. The fraction of sp³-hybridized carbons (Fsp3) is 0.318. The predicted molar refractivity (Wildman–Crippen MR) is 110 cm³/mol. The second-order valence-electron chi connectivity index (χ2n) is 6.95. The largest absolute Gasteiger partial charge is 0.354 e. The van der Waals surface area contributed by atoms with E-state index in [4.69, 9.17) is 0 Å². The van der Waals surface area contributed by atoms with Crippen molar-refractivity contribution in [3.63, 3.8) is 0 Å². The number of hydrogen-bond acceptors (Lipinski definition) is 5. The number of pyridine rings is 1. The molecule has 0 unspecified atom stereocenters. The van der Waals surface area contributed by atoms with Gasteiger partial charge in [0.25, 0.3) is 5.91 Å². The van der Waals surface area contributed by atoms with Crippen LogP contribution in [-0.2, 0) is 13.5 Å². The fourth-order valence-corrected chi connectivity index (χ4v) is 3.19. The molecule has 29 heavy (non-hydrogen) atoms. The van der Waals surface area contributed by atoms with E-state index < -0.39 is 0 Å². The molecular weight excluding hydrogens is 366 g/mol. The second-order valence-corrected chi connectivity index (χ2v) is 6.95. The zero-order valence-electron chi connectivity index (χ0n) is 16.9. The van der Waals surface area contributed by atoms with Crippen LogP contribution in [0.15, 0.2) is 48.8 Å². The SMILES string of the molecule is CNC(=O)c1cc(C(=O)CCCc2ncnn2C)cc([C@@H](C)c2ccccc2)n1. The van der Waals surface area contributed by atoms with Crippen LogP contribution in [0.5, 0.6) is 0 Å². The molecule has 1 atom stereocenters. The summed E-state index contributed by atoms with van der Waals surface area (Å²) in [5, 5.41) is 6.63. The minimum atomic E-state index is -0.305. The van der Waals surface area contributed by atoms with E-state index in [1.165, 1.54) is 6.33 Å². The average molecular weight is 391 g/mol. The van der Waals surface area contributed by atoms with Crippen molar-refractivity contribution < 1.29 is 9.59 Å². The Morgan fingerprint density at radius 1 is 1.17 bits per heavy atom. The number of benzene rings is 1. The third-order valence-corrected chi connectivity index (χ3v) is 4.98. The number of nitrogens with zero attached hydrogens (tertiary/aromatic N) is 4. The maximum Gasteiger partial charge on any atom is 0.269 e. The molecule has 0 spiro atoms. The Labute approximate surface area is 170 Å². The van der Waals surface area contributed by atoms with Crippen molar-refractivity contribution in [2.45, 2.75) is 32.1 Å². The summed E-state index contributed by atoms with van der Waals surface area (Å²) < 4.78 is 1.71. The van der Waals surface area contributed by atoms with E-state index in [1.807, 2.05) is 44.3 Å². The Kier molecular flexibility index (Phi) is 6.49. The lowest BCUT2D eigenvalue weighted by Gasteiger charge is -2.14. The van der Waals surface area contributed by atoms with Crippen LogP contribution in [-0.4, -0.2) is 38.5 Å². The third-order valence-electron chi connectivity index (χ3n) is 4.98. The molecule has 150 valence electrons. The average Bonchev–Trinajstić information content (AvgIpc) is 3.17. The van der Waals surface area contributed by atoms with Gasteiger partial charge in [-0.05, 0) is 24.1 Å². The topological polar surface area (TPSA) is 89.8 Å². The number of Topliss-reactive ketones (excluding diaryl/α,β-unsaturated/α-hetero) is 1. The normalized spacial score (nSPS) is 11.8. The van der Waals surface area contributed by atoms with Gasteiger partial charge in [-0.2, -0.15) is 5.10 Å². The zero-order valence-corrected chi connectivity index (χ0v) is 16.9. The van der Waals surface area contributed by atoms with Gasteiger partial charge in [-0.3, -0.25) is 14.3 Å². The first-order chi connectivity index (χ1) is 14.0. The van der Waals surface area contributed by atoms with E-state index in [-0.39, 0.29) is 23.3 Å². The summed E-state index contributed by atoms with van der Waals surface area (Å²) in [6.45, 7) is 2.02. The van der Waals surface area contributed by atoms with Gasteiger partial charge in [-0.1, -0.05) is 37.3 Å². The van der Waals surface area contributed by atoms with E-state index in [2.05, 4.69) is 20.4 Å².